The summed E-state index contributed by atoms with van der Waals surface area (Å²) in [5, 5.41) is 2.98. The molecule has 0 amide bonds. The van der Waals surface area contributed by atoms with Crippen molar-refractivity contribution in [3.05, 3.63) is 0 Å². The third-order valence-electron chi connectivity index (χ3n) is 1.90. The van der Waals surface area contributed by atoms with Gasteiger partial charge in [-0.15, -0.1) is 0 Å². The van der Waals surface area contributed by atoms with Crippen molar-refractivity contribution >= 4 is 0 Å². The topological polar surface area (TPSA) is 21.3 Å². The number of nitrogens with one attached hydrogen (secondary N) is 1. The van der Waals surface area contributed by atoms with E-state index in [2.05, 4.69) is 5.32 Å². The maximum absolute atomic E-state index is 13.4. The summed E-state index contributed by atoms with van der Waals surface area (Å²) in [6.07, 6.45) is 1.56. The van der Waals surface area contributed by atoms with Crippen LogP contribution < -0.4 is 5.32 Å². The molecule has 0 aliphatic carbocycles. The Morgan fingerprint density at radius 3 is 3.00 bits per heavy atom. The zero-order chi connectivity index (χ0) is 8.16. The molecule has 1 rings (SSSR count). The first-order chi connectivity index (χ1) is 5.27. The van der Waals surface area contributed by atoms with E-state index in [0.29, 0.717) is 19.6 Å². The predicted molar refractivity (Wildman–Crippen MR) is 42.4 cm³/mol. The molecule has 1 aliphatic heterocycles. The number of hydrogen-bond donors (Lipinski definition) is 1. The van der Waals surface area contributed by atoms with Gasteiger partial charge in [-0.2, -0.15) is 0 Å². The first kappa shape index (κ1) is 8.94. The maximum atomic E-state index is 13.4. The lowest BCUT2D eigenvalue weighted by molar-refractivity contribution is 0.0271. The second kappa shape index (κ2) is 4.02. The van der Waals surface area contributed by atoms with Crippen LogP contribution in [0.2, 0.25) is 0 Å². The van der Waals surface area contributed by atoms with Crippen LogP contribution in [0.15, 0.2) is 0 Å². The number of ether oxygens (including phenoxy) is 1. The minimum Gasteiger partial charge on any atom is -0.378 e. The Bertz CT molecular complexity index is 113. The molecule has 2 nitrogen and oxygen atoms in total. The molecule has 0 radical (unpaired) electrons. The van der Waals surface area contributed by atoms with Gasteiger partial charge in [-0.3, -0.25) is 0 Å². The van der Waals surface area contributed by atoms with Gasteiger partial charge in [0.05, 0.1) is 6.61 Å². The molecular formula is C8H16FNO. The Morgan fingerprint density at radius 1 is 1.64 bits per heavy atom. The van der Waals surface area contributed by atoms with Crippen LogP contribution in [0.4, 0.5) is 4.39 Å². The lowest BCUT2D eigenvalue weighted by Gasteiger charge is -2.17. The van der Waals surface area contributed by atoms with Gasteiger partial charge < -0.3 is 10.1 Å². The van der Waals surface area contributed by atoms with Crippen molar-refractivity contribution in [1.29, 1.82) is 0 Å². The molecule has 0 bridgehead atoms. The first-order valence-corrected chi connectivity index (χ1v) is 4.24. The molecule has 0 aromatic rings. The fourth-order valence-electron chi connectivity index (χ4n) is 1.24. The average molecular weight is 161 g/mol. The molecule has 1 N–H and O–H groups in total. The van der Waals surface area contributed by atoms with Gasteiger partial charge >= 0.3 is 0 Å². The fraction of sp³-hybridized carbons (Fsp3) is 1.00. The summed E-state index contributed by atoms with van der Waals surface area (Å²) in [6, 6.07) is 0. The summed E-state index contributed by atoms with van der Waals surface area (Å²) < 4.78 is 18.6. The van der Waals surface area contributed by atoms with Crippen molar-refractivity contribution in [3.8, 4) is 0 Å². The van der Waals surface area contributed by atoms with E-state index in [9.17, 15) is 4.39 Å². The highest BCUT2D eigenvalue weighted by atomic mass is 19.1. The van der Waals surface area contributed by atoms with Crippen LogP contribution in [-0.2, 0) is 4.74 Å². The zero-order valence-electron chi connectivity index (χ0n) is 7.03. The van der Waals surface area contributed by atoms with E-state index in [0.717, 1.165) is 13.0 Å². The summed E-state index contributed by atoms with van der Waals surface area (Å²) in [5.41, 5.74) is -1.09. The lowest BCUT2D eigenvalue weighted by atomic mass is 10.1. The molecule has 1 heterocycles. The van der Waals surface area contributed by atoms with E-state index in [1.165, 1.54) is 0 Å². The van der Waals surface area contributed by atoms with Crippen LogP contribution in [0.25, 0.3) is 0 Å². The van der Waals surface area contributed by atoms with Crippen molar-refractivity contribution < 1.29 is 9.13 Å². The molecule has 0 aromatic carbocycles. The van der Waals surface area contributed by atoms with Crippen molar-refractivity contribution in [2.24, 2.45) is 0 Å². The molecule has 66 valence electrons. The smallest absolute Gasteiger partial charge is 0.147 e. The third kappa shape index (κ3) is 2.75. The summed E-state index contributed by atoms with van der Waals surface area (Å²) in [4.78, 5) is 0. The molecule has 11 heavy (non-hydrogen) atoms. The summed E-state index contributed by atoms with van der Waals surface area (Å²) in [6.45, 7) is 4.19. The van der Waals surface area contributed by atoms with Gasteiger partial charge in [0.2, 0.25) is 0 Å². The molecule has 1 unspecified atom stereocenters. The summed E-state index contributed by atoms with van der Waals surface area (Å²) >= 11 is 0. The van der Waals surface area contributed by atoms with Crippen LogP contribution in [0.5, 0.6) is 0 Å². The van der Waals surface area contributed by atoms with Gasteiger partial charge in [-0.25, -0.2) is 4.39 Å². The quantitative estimate of drug-likeness (QED) is 0.624. The molecule has 0 spiro atoms. The highest BCUT2D eigenvalue weighted by Gasteiger charge is 2.33. The van der Waals surface area contributed by atoms with Crippen LogP contribution in [-0.4, -0.2) is 32.0 Å². The van der Waals surface area contributed by atoms with E-state index in [4.69, 9.17) is 4.74 Å². The third-order valence-corrected chi connectivity index (χ3v) is 1.90. The van der Waals surface area contributed by atoms with Crippen molar-refractivity contribution in [2.45, 2.75) is 25.4 Å². The molecule has 0 aromatic heterocycles. The normalized spacial score (nSPS) is 31.1. The minimum absolute atomic E-state index is 0.258. The molecule has 1 saturated heterocycles. The van der Waals surface area contributed by atoms with Crippen molar-refractivity contribution in [3.63, 3.8) is 0 Å². The standard InChI is InChI=1S/C8H16FNO/c1-2-5-11-7-8(9)3-4-10-6-8/h10H,2-7H2,1H3. The highest BCUT2D eigenvalue weighted by molar-refractivity contribution is 4.87. The van der Waals surface area contributed by atoms with E-state index >= 15 is 0 Å². The molecule has 3 heteroatoms. The van der Waals surface area contributed by atoms with E-state index < -0.39 is 5.67 Å². The Morgan fingerprint density at radius 2 is 2.45 bits per heavy atom. The Kier molecular flexibility index (Phi) is 3.27. The zero-order valence-corrected chi connectivity index (χ0v) is 7.03. The fourth-order valence-corrected chi connectivity index (χ4v) is 1.24. The van der Waals surface area contributed by atoms with Crippen molar-refractivity contribution in [1.82, 2.24) is 5.32 Å². The van der Waals surface area contributed by atoms with Crippen molar-refractivity contribution in [2.75, 3.05) is 26.3 Å². The Labute approximate surface area is 67.1 Å². The SMILES string of the molecule is CCCOCC1(F)CCNC1. The monoisotopic (exact) mass is 161 g/mol. The van der Waals surface area contributed by atoms with E-state index in [1.54, 1.807) is 0 Å². The highest BCUT2D eigenvalue weighted by Crippen LogP contribution is 2.19. The summed E-state index contributed by atoms with van der Waals surface area (Å²) in [5.74, 6) is 0. The molecule has 1 fully saturated rings. The number of rotatable bonds is 4. The van der Waals surface area contributed by atoms with Gasteiger partial charge in [0, 0.05) is 13.2 Å². The first-order valence-electron chi connectivity index (χ1n) is 4.24. The van der Waals surface area contributed by atoms with Gasteiger partial charge in [0.25, 0.3) is 0 Å². The minimum atomic E-state index is -1.09. The van der Waals surface area contributed by atoms with Crippen LogP contribution in [0.1, 0.15) is 19.8 Å². The maximum Gasteiger partial charge on any atom is 0.147 e. The number of hydrogen-bond acceptors (Lipinski definition) is 2. The van der Waals surface area contributed by atoms with Gasteiger partial charge in [0.1, 0.15) is 5.67 Å². The van der Waals surface area contributed by atoms with Crippen LogP contribution >= 0.6 is 0 Å². The number of alkyl halides is 1. The molecule has 0 saturated carbocycles. The second-order valence-corrected chi connectivity index (χ2v) is 3.13. The van der Waals surface area contributed by atoms with Crippen LogP contribution in [0, 0.1) is 0 Å². The predicted octanol–water partition coefficient (Wildman–Crippen LogP) is 1.11. The molecule has 1 aliphatic rings. The Balaban J connectivity index is 2.13. The van der Waals surface area contributed by atoms with Crippen LogP contribution in [0.3, 0.4) is 0 Å². The van der Waals surface area contributed by atoms with Gasteiger partial charge in [-0.05, 0) is 19.4 Å². The summed E-state index contributed by atoms with van der Waals surface area (Å²) in [7, 11) is 0. The number of halogens is 1. The van der Waals surface area contributed by atoms with Gasteiger partial charge in [0.15, 0.2) is 0 Å². The largest absolute Gasteiger partial charge is 0.378 e. The lowest BCUT2D eigenvalue weighted by Crippen LogP contribution is -2.31. The average Bonchev–Trinajstić information content (AvgIpc) is 2.38. The Hall–Kier alpha value is -0.150. The van der Waals surface area contributed by atoms with Gasteiger partial charge in [-0.1, -0.05) is 6.92 Å². The molecule has 1 atom stereocenters. The molecular weight excluding hydrogens is 145 g/mol. The second-order valence-electron chi connectivity index (χ2n) is 3.13. The van der Waals surface area contributed by atoms with E-state index in [1.807, 2.05) is 6.92 Å². The van der Waals surface area contributed by atoms with E-state index in [-0.39, 0.29) is 6.61 Å².